The van der Waals surface area contributed by atoms with E-state index in [-0.39, 0.29) is 5.91 Å². The van der Waals surface area contributed by atoms with Crippen LogP contribution in [0.5, 0.6) is 0 Å². The molecule has 4 heteroatoms. The molecule has 1 aliphatic carbocycles. The standard InChI is InChI=1S/C14H25N3O/c1-16(13-7-4-3-5-8-13)12-9-14(18)17(2)11-6-10-15/h13H,3-9,11-12H2,1-2H3. The van der Waals surface area contributed by atoms with Gasteiger partial charge in [0.05, 0.1) is 12.5 Å². The van der Waals surface area contributed by atoms with E-state index >= 15 is 0 Å². The third-order valence-corrected chi connectivity index (χ3v) is 3.86. The number of rotatable bonds is 6. The van der Waals surface area contributed by atoms with E-state index in [1.165, 1.54) is 32.1 Å². The first kappa shape index (κ1) is 15.0. The summed E-state index contributed by atoms with van der Waals surface area (Å²) in [5.74, 6) is 0.146. The Morgan fingerprint density at radius 2 is 1.89 bits per heavy atom. The second kappa shape index (κ2) is 8.10. The molecular weight excluding hydrogens is 226 g/mol. The number of carbonyl (C=O) groups is 1. The lowest BCUT2D eigenvalue weighted by Crippen LogP contribution is -2.37. The minimum atomic E-state index is 0.146. The predicted octanol–water partition coefficient (Wildman–Crippen LogP) is 2.01. The van der Waals surface area contributed by atoms with Gasteiger partial charge in [0.1, 0.15) is 0 Å². The van der Waals surface area contributed by atoms with Gasteiger partial charge in [0.15, 0.2) is 0 Å². The Bertz CT molecular complexity index is 292. The molecule has 0 atom stereocenters. The van der Waals surface area contributed by atoms with Crippen molar-refractivity contribution in [1.82, 2.24) is 9.80 Å². The third kappa shape index (κ3) is 5.05. The molecule has 0 spiro atoms. The van der Waals surface area contributed by atoms with Crippen molar-refractivity contribution in [2.45, 2.75) is 51.0 Å². The zero-order valence-corrected chi connectivity index (χ0v) is 11.7. The zero-order valence-electron chi connectivity index (χ0n) is 11.7. The van der Waals surface area contributed by atoms with Gasteiger partial charge < -0.3 is 9.80 Å². The molecule has 1 fully saturated rings. The number of nitriles is 1. The van der Waals surface area contributed by atoms with Gasteiger partial charge in [-0.1, -0.05) is 19.3 Å². The Labute approximate surface area is 111 Å². The van der Waals surface area contributed by atoms with E-state index in [4.69, 9.17) is 5.26 Å². The normalized spacial score (nSPS) is 16.6. The molecular formula is C14H25N3O. The summed E-state index contributed by atoms with van der Waals surface area (Å²) >= 11 is 0. The summed E-state index contributed by atoms with van der Waals surface area (Å²) in [4.78, 5) is 15.8. The van der Waals surface area contributed by atoms with Crippen LogP contribution in [0.25, 0.3) is 0 Å². The number of nitrogens with zero attached hydrogens (tertiary/aromatic N) is 3. The van der Waals surface area contributed by atoms with Crippen molar-refractivity contribution in [3.63, 3.8) is 0 Å². The van der Waals surface area contributed by atoms with E-state index in [0.717, 1.165) is 6.54 Å². The van der Waals surface area contributed by atoms with Crippen LogP contribution in [0.4, 0.5) is 0 Å². The molecule has 0 heterocycles. The topological polar surface area (TPSA) is 47.3 Å². The molecule has 0 aliphatic heterocycles. The molecule has 0 saturated heterocycles. The van der Waals surface area contributed by atoms with Crippen LogP contribution >= 0.6 is 0 Å². The highest BCUT2D eigenvalue weighted by Crippen LogP contribution is 2.21. The van der Waals surface area contributed by atoms with Crippen molar-refractivity contribution < 1.29 is 4.79 Å². The zero-order chi connectivity index (χ0) is 13.4. The van der Waals surface area contributed by atoms with Crippen molar-refractivity contribution in [2.24, 2.45) is 0 Å². The van der Waals surface area contributed by atoms with Gasteiger partial charge in [-0.05, 0) is 19.9 Å². The second-order valence-corrected chi connectivity index (χ2v) is 5.25. The monoisotopic (exact) mass is 251 g/mol. The maximum Gasteiger partial charge on any atom is 0.223 e. The Hall–Kier alpha value is -1.08. The minimum Gasteiger partial charge on any atom is -0.345 e. The lowest BCUT2D eigenvalue weighted by molar-refractivity contribution is -0.130. The molecule has 0 aromatic heterocycles. The van der Waals surface area contributed by atoms with Gasteiger partial charge in [-0.15, -0.1) is 0 Å². The van der Waals surface area contributed by atoms with E-state index in [9.17, 15) is 4.79 Å². The van der Waals surface area contributed by atoms with E-state index in [2.05, 4.69) is 18.0 Å². The first-order valence-corrected chi connectivity index (χ1v) is 6.96. The van der Waals surface area contributed by atoms with Crippen molar-refractivity contribution in [3.8, 4) is 6.07 Å². The molecule has 1 aliphatic rings. The predicted molar refractivity (Wildman–Crippen MR) is 72.0 cm³/mol. The maximum absolute atomic E-state index is 11.8. The van der Waals surface area contributed by atoms with Crippen molar-refractivity contribution >= 4 is 5.91 Å². The van der Waals surface area contributed by atoms with E-state index in [1.807, 2.05) is 0 Å². The number of carbonyl (C=O) groups excluding carboxylic acids is 1. The number of amides is 1. The quantitative estimate of drug-likeness (QED) is 0.725. The van der Waals surface area contributed by atoms with Gasteiger partial charge in [-0.3, -0.25) is 4.79 Å². The summed E-state index contributed by atoms with van der Waals surface area (Å²) in [7, 11) is 3.90. The van der Waals surface area contributed by atoms with Crippen LogP contribution in [0.15, 0.2) is 0 Å². The van der Waals surface area contributed by atoms with Crippen LogP contribution in [0, 0.1) is 11.3 Å². The maximum atomic E-state index is 11.8. The highest BCUT2D eigenvalue weighted by atomic mass is 16.2. The molecule has 18 heavy (non-hydrogen) atoms. The molecule has 1 saturated carbocycles. The molecule has 0 unspecified atom stereocenters. The molecule has 0 radical (unpaired) electrons. The SMILES string of the molecule is CN(CCC#N)C(=O)CCN(C)C1CCCCC1. The molecule has 0 aromatic rings. The van der Waals surface area contributed by atoms with Crippen molar-refractivity contribution in [3.05, 3.63) is 0 Å². The van der Waals surface area contributed by atoms with E-state index < -0.39 is 0 Å². The molecule has 0 aromatic carbocycles. The number of hydrogen-bond donors (Lipinski definition) is 0. The summed E-state index contributed by atoms with van der Waals surface area (Å²) in [5, 5.41) is 8.49. The highest BCUT2D eigenvalue weighted by molar-refractivity contribution is 5.76. The van der Waals surface area contributed by atoms with Crippen molar-refractivity contribution in [2.75, 3.05) is 27.2 Å². The summed E-state index contributed by atoms with van der Waals surface area (Å²) in [6.45, 7) is 1.38. The Balaban J connectivity index is 2.22. The summed E-state index contributed by atoms with van der Waals surface area (Å²) < 4.78 is 0. The molecule has 1 rings (SSSR count). The minimum absolute atomic E-state index is 0.146. The van der Waals surface area contributed by atoms with E-state index in [0.29, 0.717) is 25.4 Å². The van der Waals surface area contributed by atoms with Crippen LogP contribution in [0.2, 0.25) is 0 Å². The fourth-order valence-corrected chi connectivity index (χ4v) is 2.51. The first-order chi connectivity index (χ1) is 8.65. The summed E-state index contributed by atoms with van der Waals surface area (Å²) in [5.41, 5.74) is 0. The number of hydrogen-bond acceptors (Lipinski definition) is 3. The van der Waals surface area contributed by atoms with Crippen LogP contribution in [0.3, 0.4) is 0 Å². The molecule has 0 bridgehead atoms. The van der Waals surface area contributed by atoms with Crippen LogP contribution in [-0.4, -0.2) is 48.9 Å². The summed E-state index contributed by atoms with van der Waals surface area (Å²) in [6, 6.07) is 2.73. The van der Waals surface area contributed by atoms with Gasteiger partial charge in [0.25, 0.3) is 0 Å². The van der Waals surface area contributed by atoms with Gasteiger partial charge in [-0.2, -0.15) is 5.26 Å². The second-order valence-electron chi connectivity index (χ2n) is 5.25. The van der Waals surface area contributed by atoms with Gasteiger partial charge in [-0.25, -0.2) is 0 Å². The molecule has 4 nitrogen and oxygen atoms in total. The third-order valence-electron chi connectivity index (χ3n) is 3.86. The fourth-order valence-electron chi connectivity index (χ4n) is 2.51. The first-order valence-electron chi connectivity index (χ1n) is 6.96. The lowest BCUT2D eigenvalue weighted by Gasteiger charge is -2.31. The summed E-state index contributed by atoms with van der Waals surface area (Å²) in [6.07, 6.45) is 7.54. The fraction of sp³-hybridized carbons (Fsp3) is 0.857. The van der Waals surface area contributed by atoms with Gasteiger partial charge in [0, 0.05) is 32.6 Å². The van der Waals surface area contributed by atoms with Crippen LogP contribution in [0.1, 0.15) is 44.9 Å². The van der Waals surface area contributed by atoms with Gasteiger partial charge in [0.2, 0.25) is 5.91 Å². The van der Waals surface area contributed by atoms with Gasteiger partial charge >= 0.3 is 0 Å². The Kier molecular flexibility index (Phi) is 6.74. The molecule has 0 N–H and O–H groups in total. The average Bonchev–Trinajstić information content (AvgIpc) is 2.42. The Morgan fingerprint density at radius 3 is 2.50 bits per heavy atom. The largest absolute Gasteiger partial charge is 0.345 e. The highest BCUT2D eigenvalue weighted by Gasteiger charge is 2.18. The van der Waals surface area contributed by atoms with Crippen LogP contribution < -0.4 is 0 Å². The molecule has 1 amide bonds. The van der Waals surface area contributed by atoms with Crippen LogP contribution in [-0.2, 0) is 4.79 Å². The lowest BCUT2D eigenvalue weighted by atomic mass is 9.94. The van der Waals surface area contributed by atoms with E-state index in [1.54, 1.807) is 11.9 Å². The van der Waals surface area contributed by atoms with Crippen molar-refractivity contribution in [1.29, 1.82) is 5.26 Å². The average molecular weight is 251 g/mol. The Morgan fingerprint density at radius 1 is 1.22 bits per heavy atom. The smallest absolute Gasteiger partial charge is 0.223 e. The molecule has 102 valence electrons.